The van der Waals surface area contributed by atoms with Crippen LogP contribution in [0.5, 0.6) is 0 Å². The van der Waals surface area contributed by atoms with Crippen LogP contribution in [-0.2, 0) is 25.6 Å². The van der Waals surface area contributed by atoms with E-state index in [0.717, 1.165) is 22.9 Å². The Hall–Kier alpha value is -3.44. The highest BCUT2D eigenvalue weighted by molar-refractivity contribution is 5.94. The summed E-state index contributed by atoms with van der Waals surface area (Å²) >= 11 is 0. The molecule has 1 aromatic carbocycles. The molecule has 7 N–H and O–H groups in total. The van der Waals surface area contributed by atoms with Crippen molar-refractivity contribution in [3.63, 3.8) is 0 Å². The van der Waals surface area contributed by atoms with Gasteiger partial charge in [0.2, 0.25) is 17.7 Å². The van der Waals surface area contributed by atoms with Gasteiger partial charge in [0.15, 0.2) is 0 Å². The number of aromatic amines is 1. The number of benzene rings is 1. The first-order valence-corrected chi connectivity index (χ1v) is 12.7. The number of para-hydroxylation sites is 1. The summed E-state index contributed by atoms with van der Waals surface area (Å²) in [6.07, 6.45) is 2.27. The van der Waals surface area contributed by atoms with Gasteiger partial charge in [0, 0.05) is 23.5 Å². The van der Waals surface area contributed by atoms with Crippen molar-refractivity contribution < 1.29 is 29.4 Å². The number of aromatic nitrogens is 1. The van der Waals surface area contributed by atoms with Crippen LogP contribution in [-0.4, -0.2) is 75.7 Å². The molecule has 1 aromatic heterocycles. The molecular formula is C26H37N5O6. The zero-order valence-electron chi connectivity index (χ0n) is 21.4. The SMILES string of the molecule is CC(C)CC(NC(=O)C(NC(=O)C1CCCN1)C(C)O)C(=O)NC(Cc1c[nH]c2ccccc12)C(=O)O. The standard InChI is InChI=1S/C26H37N5O6/c1-14(2)11-20(29-25(35)22(15(3)32)31-23(33)19-9-6-10-27-19)24(34)30-21(26(36)37)12-16-13-28-18-8-5-4-7-17(16)18/h4-5,7-8,13-15,19-22,27-28,32H,6,9-12H2,1-3H3,(H,29,35)(H,30,34)(H,31,33)(H,36,37). The molecule has 0 aliphatic carbocycles. The highest BCUT2D eigenvalue weighted by Gasteiger charge is 2.34. The summed E-state index contributed by atoms with van der Waals surface area (Å²) in [7, 11) is 0. The lowest BCUT2D eigenvalue weighted by Crippen LogP contribution is -2.60. The monoisotopic (exact) mass is 515 g/mol. The van der Waals surface area contributed by atoms with Crippen LogP contribution < -0.4 is 21.3 Å². The van der Waals surface area contributed by atoms with Crippen molar-refractivity contribution in [2.45, 2.75) is 76.7 Å². The molecule has 1 aliphatic heterocycles. The van der Waals surface area contributed by atoms with Crippen LogP contribution in [0.2, 0.25) is 0 Å². The van der Waals surface area contributed by atoms with Gasteiger partial charge in [0.1, 0.15) is 18.1 Å². The molecule has 1 fully saturated rings. The quantitative estimate of drug-likeness (QED) is 0.215. The maximum Gasteiger partial charge on any atom is 0.326 e. The normalized spacial score (nSPS) is 18.7. The number of aliphatic hydroxyl groups excluding tert-OH is 1. The second-order valence-corrected chi connectivity index (χ2v) is 10.0. The fraction of sp³-hybridized carbons (Fsp3) is 0.538. The van der Waals surface area contributed by atoms with E-state index in [1.807, 2.05) is 38.1 Å². The molecule has 3 amide bonds. The first kappa shape index (κ1) is 28.1. The van der Waals surface area contributed by atoms with Gasteiger partial charge < -0.3 is 36.5 Å². The van der Waals surface area contributed by atoms with Gasteiger partial charge in [0.25, 0.3) is 0 Å². The first-order valence-electron chi connectivity index (χ1n) is 12.7. The summed E-state index contributed by atoms with van der Waals surface area (Å²) in [6, 6.07) is 3.48. The maximum absolute atomic E-state index is 13.2. The minimum atomic E-state index is -1.26. The molecule has 37 heavy (non-hydrogen) atoms. The Morgan fingerprint density at radius 2 is 1.73 bits per heavy atom. The predicted molar refractivity (Wildman–Crippen MR) is 138 cm³/mol. The Morgan fingerprint density at radius 1 is 1.03 bits per heavy atom. The molecule has 0 spiro atoms. The average molecular weight is 516 g/mol. The average Bonchev–Trinajstić information content (AvgIpc) is 3.51. The Kier molecular flexibility index (Phi) is 9.65. The van der Waals surface area contributed by atoms with Crippen LogP contribution in [0.25, 0.3) is 10.9 Å². The number of hydrogen-bond donors (Lipinski definition) is 7. The number of fused-ring (bicyclic) bond motifs is 1. The van der Waals surface area contributed by atoms with Crippen molar-refractivity contribution in [3.05, 3.63) is 36.0 Å². The van der Waals surface area contributed by atoms with E-state index < -0.39 is 54.0 Å². The van der Waals surface area contributed by atoms with E-state index in [2.05, 4.69) is 26.3 Å². The third-order valence-electron chi connectivity index (χ3n) is 6.49. The number of hydrogen-bond acceptors (Lipinski definition) is 6. The number of rotatable bonds is 12. The minimum absolute atomic E-state index is 0.00442. The van der Waals surface area contributed by atoms with Crippen LogP contribution in [0.1, 0.15) is 45.6 Å². The summed E-state index contributed by atoms with van der Waals surface area (Å²) in [5.74, 6) is -2.97. The number of nitrogens with one attached hydrogen (secondary N) is 5. The van der Waals surface area contributed by atoms with Crippen molar-refractivity contribution in [1.82, 2.24) is 26.3 Å². The summed E-state index contributed by atoms with van der Waals surface area (Å²) in [5.41, 5.74) is 1.60. The molecule has 2 aromatic rings. The van der Waals surface area contributed by atoms with E-state index in [1.54, 1.807) is 6.20 Å². The smallest absolute Gasteiger partial charge is 0.326 e. The molecule has 202 valence electrons. The Labute approximate surface area is 215 Å². The van der Waals surface area contributed by atoms with E-state index in [0.29, 0.717) is 13.0 Å². The third kappa shape index (κ3) is 7.53. The zero-order valence-corrected chi connectivity index (χ0v) is 21.4. The van der Waals surface area contributed by atoms with Gasteiger partial charge >= 0.3 is 5.97 Å². The van der Waals surface area contributed by atoms with E-state index in [-0.39, 0.29) is 18.8 Å². The van der Waals surface area contributed by atoms with Crippen molar-refractivity contribution in [3.8, 4) is 0 Å². The summed E-state index contributed by atoms with van der Waals surface area (Å²) in [4.78, 5) is 53.9. The lowest BCUT2D eigenvalue weighted by Gasteiger charge is -2.27. The molecule has 0 bridgehead atoms. The van der Waals surface area contributed by atoms with Crippen molar-refractivity contribution in [2.24, 2.45) is 5.92 Å². The van der Waals surface area contributed by atoms with Crippen LogP contribution in [0.15, 0.2) is 30.5 Å². The topological polar surface area (TPSA) is 173 Å². The number of aliphatic carboxylic acids is 1. The van der Waals surface area contributed by atoms with Crippen LogP contribution >= 0.6 is 0 Å². The van der Waals surface area contributed by atoms with Gasteiger partial charge in [-0.05, 0) is 50.3 Å². The van der Waals surface area contributed by atoms with E-state index in [9.17, 15) is 29.4 Å². The molecular weight excluding hydrogens is 478 g/mol. The fourth-order valence-electron chi connectivity index (χ4n) is 4.52. The van der Waals surface area contributed by atoms with Crippen molar-refractivity contribution >= 4 is 34.6 Å². The zero-order chi connectivity index (χ0) is 27.1. The number of carbonyl (C=O) groups excluding carboxylic acids is 3. The number of carboxylic acid groups (broad SMARTS) is 1. The molecule has 2 heterocycles. The molecule has 0 saturated carbocycles. The molecule has 11 nitrogen and oxygen atoms in total. The van der Waals surface area contributed by atoms with E-state index in [4.69, 9.17) is 0 Å². The highest BCUT2D eigenvalue weighted by Crippen LogP contribution is 2.19. The Balaban J connectivity index is 1.70. The molecule has 5 unspecified atom stereocenters. The number of carbonyl (C=O) groups is 4. The fourth-order valence-corrected chi connectivity index (χ4v) is 4.52. The molecule has 3 rings (SSSR count). The van der Waals surface area contributed by atoms with Gasteiger partial charge in [-0.25, -0.2) is 4.79 Å². The highest BCUT2D eigenvalue weighted by atomic mass is 16.4. The molecule has 1 saturated heterocycles. The molecule has 11 heteroatoms. The second kappa shape index (κ2) is 12.7. The van der Waals surface area contributed by atoms with Crippen LogP contribution in [0, 0.1) is 5.92 Å². The largest absolute Gasteiger partial charge is 0.480 e. The van der Waals surface area contributed by atoms with E-state index in [1.165, 1.54) is 6.92 Å². The predicted octanol–water partition coefficient (Wildman–Crippen LogP) is 0.428. The molecule has 1 aliphatic rings. The van der Waals surface area contributed by atoms with Crippen LogP contribution in [0.4, 0.5) is 0 Å². The second-order valence-electron chi connectivity index (χ2n) is 10.0. The molecule has 5 atom stereocenters. The molecule has 0 radical (unpaired) electrons. The maximum atomic E-state index is 13.2. The number of aliphatic hydroxyl groups is 1. The summed E-state index contributed by atoms with van der Waals surface area (Å²) in [6.45, 7) is 5.81. The van der Waals surface area contributed by atoms with Crippen molar-refractivity contribution in [1.29, 1.82) is 0 Å². The number of amides is 3. The van der Waals surface area contributed by atoms with Gasteiger partial charge in [-0.3, -0.25) is 14.4 Å². The summed E-state index contributed by atoms with van der Waals surface area (Å²) < 4.78 is 0. The summed E-state index contributed by atoms with van der Waals surface area (Å²) in [5, 5.41) is 31.6. The van der Waals surface area contributed by atoms with Gasteiger partial charge in [0.05, 0.1) is 12.1 Å². The van der Waals surface area contributed by atoms with Gasteiger partial charge in [-0.2, -0.15) is 0 Å². The number of H-pyrrole nitrogens is 1. The van der Waals surface area contributed by atoms with Gasteiger partial charge in [-0.1, -0.05) is 32.0 Å². The van der Waals surface area contributed by atoms with E-state index >= 15 is 0 Å². The van der Waals surface area contributed by atoms with Gasteiger partial charge in [-0.15, -0.1) is 0 Å². The number of carboxylic acids is 1. The first-order chi connectivity index (χ1) is 17.6. The lowest BCUT2D eigenvalue weighted by atomic mass is 10.0. The third-order valence-corrected chi connectivity index (χ3v) is 6.49. The minimum Gasteiger partial charge on any atom is -0.480 e. The Bertz CT molecular complexity index is 1110. The Morgan fingerprint density at radius 3 is 2.35 bits per heavy atom. The van der Waals surface area contributed by atoms with Crippen molar-refractivity contribution in [2.75, 3.05) is 6.54 Å². The lowest BCUT2D eigenvalue weighted by molar-refractivity contribution is -0.142. The van der Waals surface area contributed by atoms with Crippen LogP contribution in [0.3, 0.4) is 0 Å².